The Morgan fingerprint density at radius 1 is 0.976 bits per heavy atom. The van der Waals surface area contributed by atoms with Crippen molar-refractivity contribution in [2.45, 2.75) is 65.0 Å². The number of rotatable bonds is 2. The topological polar surface area (TPSA) is 72.5 Å². The lowest BCUT2D eigenvalue weighted by atomic mass is 9.79. The van der Waals surface area contributed by atoms with Crippen molar-refractivity contribution in [1.29, 1.82) is 0 Å². The predicted molar refractivity (Wildman–Crippen MR) is 146 cm³/mol. The van der Waals surface area contributed by atoms with Crippen molar-refractivity contribution < 1.29 is 37.2 Å². The van der Waals surface area contributed by atoms with Crippen molar-refractivity contribution in [3.8, 4) is 11.5 Å². The maximum atomic E-state index is 15.7. The number of halogens is 4. The van der Waals surface area contributed by atoms with Gasteiger partial charge in [-0.3, -0.25) is 0 Å². The van der Waals surface area contributed by atoms with Crippen molar-refractivity contribution in [3.05, 3.63) is 92.0 Å². The second kappa shape index (κ2) is 8.68. The molecular weight excluding hydrogens is 536 g/mol. The van der Waals surface area contributed by atoms with E-state index in [4.69, 9.17) is 4.74 Å². The Morgan fingerprint density at radius 3 is 2.34 bits per heavy atom. The van der Waals surface area contributed by atoms with Crippen molar-refractivity contribution in [2.75, 3.05) is 5.32 Å². The molecule has 41 heavy (non-hydrogen) atoms. The van der Waals surface area contributed by atoms with Gasteiger partial charge in [-0.1, -0.05) is 6.92 Å². The molecule has 3 heterocycles. The third-order valence-electron chi connectivity index (χ3n) is 8.04. The maximum absolute atomic E-state index is 15.7. The number of ether oxygens (including phenoxy) is 1. The van der Waals surface area contributed by atoms with Gasteiger partial charge in [-0.15, -0.1) is 0 Å². The zero-order valence-electron chi connectivity index (χ0n) is 23.4. The summed E-state index contributed by atoms with van der Waals surface area (Å²) >= 11 is 0. The zero-order valence-corrected chi connectivity index (χ0v) is 23.4. The van der Waals surface area contributed by atoms with Crippen molar-refractivity contribution >= 4 is 22.8 Å². The van der Waals surface area contributed by atoms with Crippen LogP contribution in [0.1, 0.15) is 86.5 Å². The normalized spacial score (nSPS) is 19.4. The van der Waals surface area contributed by atoms with Crippen LogP contribution in [0, 0.1) is 23.3 Å². The Kier molecular flexibility index (Phi) is 5.73. The molecule has 212 valence electrons. The molecule has 0 fully saturated rings. The molecule has 3 aromatic carbocycles. The fourth-order valence-corrected chi connectivity index (χ4v) is 6.57. The Balaban J connectivity index is 1.80. The molecule has 1 unspecified atom stereocenters. The highest BCUT2D eigenvalue weighted by molar-refractivity contribution is 5.99. The fourth-order valence-electron chi connectivity index (χ4n) is 6.57. The highest BCUT2D eigenvalue weighted by atomic mass is 19.2. The molecule has 0 aromatic heterocycles. The summed E-state index contributed by atoms with van der Waals surface area (Å²) in [6, 6.07) is 6.87. The van der Waals surface area contributed by atoms with E-state index in [-0.39, 0.29) is 44.8 Å². The van der Waals surface area contributed by atoms with Gasteiger partial charge < -0.3 is 15.2 Å². The van der Waals surface area contributed by atoms with Gasteiger partial charge in [-0.05, 0) is 62.5 Å². The predicted octanol–water partition coefficient (Wildman–Crippen LogP) is 4.89. The molecule has 0 bridgehead atoms. The third kappa shape index (κ3) is 4.12. The summed E-state index contributed by atoms with van der Waals surface area (Å²) in [6.07, 6.45) is 2.77. The Labute approximate surface area is 233 Å². The van der Waals surface area contributed by atoms with Crippen LogP contribution in [0.5, 0.6) is 11.5 Å². The summed E-state index contributed by atoms with van der Waals surface area (Å²) in [5.74, 6) is -9.44. The minimum atomic E-state index is -2.18. The molecular formula is C32H29F4N2O3+. The smallest absolute Gasteiger partial charge is 0.339 e. The quantitative estimate of drug-likeness (QED) is 0.184. The largest absolute Gasteiger partial charge is 0.478 e. The van der Waals surface area contributed by atoms with Gasteiger partial charge in [-0.25, -0.2) is 27.3 Å². The summed E-state index contributed by atoms with van der Waals surface area (Å²) in [5, 5.41) is 14.4. The van der Waals surface area contributed by atoms with Crippen LogP contribution in [0.3, 0.4) is 0 Å². The third-order valence-corrected chi connectivity index (χ3v) is 8.04. The number of hydrogen-bond acceptors (Lipinski definition) is 3. The van der Waals surface area contributed by atoms with Crippen LogP contribution in [-0.4, -0.2) is 22.2 Å². The molecule has 0 radical (unpaired) electrons. The van der Waals surface area contributed by atoms with E-state index in [9.17, 15) is 18.7 Å². The molecule has 3 aliphatic heterocycles. The van der Waals surface area contributed by atoms with Crippen LogP contribution in [0.2, 0.25) is 0 Å². The minimum absolute atomic E-state index is 0.0415. The van der Waals surface area contributed by atoms with E-state index < -0.39 is 40.4 Å². The Bertz CT molecular complexity index is 1880. The molecule has 0 saturated carbocycles. The summed E-state index contributed by atoms with van der Waals surface area (Å²) in [6.45, 7) is 12.0. The number of anilines is 1. The average Bonchev–Trinajstić information content (AvgIpc) is 2.85. The summed E-state index contributed by atoms with van der Waals surface area (Å²) in [7, 11) is 0. The lowest BCUT2D eigenvalue weighted by Crippen LogP contribution is -2.89. The van der Waals surface area contributed by atoms with Gasteiger partial charge in [0.05, 0.1) is 6.07 Å². The fraction of sp³-hybridized carbons (Fsp3) is 0.312. The first kappa shape index (κ1) is 27.1. The van der Waals surface area contributed by atoms with Crippen LogP contribution < -0.4 is 25.6 Å². The van der Waals surface area contributed by atoms with Gasteiger partial charge >= 0.3 is 5.97 Å². The number of carboxylic acids is 1. The van der Waals surface area contributed by atoms with E-state index in [0.29, 0.717) is 0 Å². The van der Waals surface area contributed by atoms with Gasteiger partial charge in [-0.2, -0.15) is 0 Å². The molecule has 6 rings (SSSR count). The van der Waals surface area contributed by atoms with Crippen molar-refractivity contribution in [3.63, 3.8) is 0 Å². The number of benzene rings is 3. The first-order valence-electron chi connectivity index (χ1n) is 13.4. The number of fused-ring (bicyclic) bond motifs is 4. The molecule has 3 aromatic rings. The van der Waals surface area contributed by atoms with Crippen LogP contribution in [0.4, 0.5) is 23.2 Å². The molecule has 5 nitrogen and oxygen atoms in total. The van der Waals surface area contributed by atoms with E-state index >= 15 is 8.78 Å². The first-order valence-corrected chi connectivity index (χ1v) is 13.4. The Morgan fingerprint density at radius 2 is 1.66 bits per heavy atom. The molecule has 0 aliphatic carbocycles. The van der Waals surface area contributed by atoms with Gasteiger partial charge in [0.25, 0.3) is 0 Å². The van der Waals surface area contributed by atoms with E-state index in [2.05, 4.69) is 24.2 Å². The SMILES string of the molecule is CC1=CC(C)(C)[NH+]=c2cc3c(cc21)=C(c1c(F)c(F)c(F)c(F)c1C(=O)O)c1cc2c(cc1O3)NC(C)(C)CC2C. The average molecular weight is 566 g/mol. The van der Waals surface area contributed by atoms with E-state index in [1.807, 2.05) is 33.8 Å². The molecule has 3 N–H and O–H groups in total. The van der Waals surface area contributed by atoms with E-state index in [1.54, 1.807) is 24.3 Å². The number of allylic oxidation sites excluding steroid dienone is 1. The van der Waals surface area contributed by atoms with Gasteiger partial charge in [0.2, 0.25) is 5.36 Å². The highest BCUT2D eigenvalue weighted by Gasteiger charge is 2.37. The number of nitrogens with one attached hydrogen (secondary N) is 2. The lowest BCUT2D eigenvalue weighted by Gasteiger charge is -2.38. The zero-order chi connectivity index (χ0) is 29.8. The number of hydrogen-bond donors (Lipinski definition) is 3. The van der Waals surface area contributed by atoms with Gasteiger partial charge in [0, 0.05) is 58.6 Å². The molecule has 3 aliphatic rings. The minimum Gasteiger partial charge on any atom is -0.478 e. The van der Waals surface area contributed by atoms with Crippen LogP contribution in [0.15, 0.2) is 30.3 Å². The second-order valence-electron chi connectivity index (χ2n) is 12.4. The number of aromatic carboxylic acids is 1. The summed E-state index contributed by atoms with van der Waals surface area (Å²) in [5.41, 5.74) is 0.626. The second-order valence-corrected chi connectivity index (χ2v) is 12.4. The molecule has 0 spiro atoms. The standard InChI is InChI=1S/C32H28F4N2O3/c1-13-11-31(3,4)37-19-9-21-17(7-15(13)19)23(24-25(30(39)40)27(34)29(36)28(35)26(24)33)18-8-16-14(2)12-32(5,6)38-20(16)10-22(18)41-21/h7-11,14,38H,12H2,1-6H3,(H,39,40)/p+1. The molecule has 0 amide bonds. The van der Waals surface area contributed by atoms with Crippen LogP contribution in [0.25, 0.3) is 11.1 Å². The summed E-state index contributed by atoms with van der Waals surface area (Å²) in [4.78, 5) is 15.7. The van der Waals surface area contributed by atoms with E-state index in [1.165, 1.54) is 0 Å². The van der Waals surface area contributed by atoms with E-state index in [0.717, 1.165) is 34.2 Å². The van der Waals surface area contributed by atoms with Gasteiger partial charge in [0.15, 0.2) is 28.8 Å². The number of carbonyl (C=O) groups is 1. The number of carboxylic acid groups (broad SMARTS) is 1. The highest BCUT2D eigenvalue weighted by Crippen LogP contribution is 2.47. The molecule has 1 atom stereocenters. The lowest BCUT2D eigenvalue weighted by molar-refractivity contribution is -0.568. The molecule has 9 heteroatoms. The molecule has 0 saturated heterocycles. The van der Waals surface area contributed by atoms with Crippen LogP contribution in [-0.2, 0) is 0 Å². The van der Waals surface area contributed by atoms with Crippen LogP contribution >= 0.6 is 0 Å². The monoisotopic (exact) mass is 565 g/mol. The first-order chi connectivity index (χ1) is 19.1. The Hall–Kier alpha value is -4.14. The summed E-state index contributed by atoms with van der Waals surface area (Å²) < 4.78 is 66.3. The van der Waals surface area contributed by atoms with Crippen molar-refractivity contribution in [1.82, 2.24) is 0 Å². The maximum Gasteiger partial charge on any atom is 0.339 e. The van der Waals surface area contributed by atoms with Gasteiger partial charge in [0.1, 0.15) is 17.1 Å². The van der Waals surface area contributed by atoms with Crippen molar-refractivity contribution in [2.24, 2.45) is 0 Å².